The fourth-order valence-electron chi connectivity index (χ4n) is 1.42. The molecule has 15 heavy (non-hydrogen) atoms. The number of rotatable bonds is 7. The highest BCUT2D eigenvalue weighted by Gasteiger charge is 2.22. The standard InChI is InChI=1S/C9H22N4O2/c1-11-5-4-6-13(9(14)15)8(7-10)12(2)3/h8,11H,4-7,10H2,1-3H3,(H,14,15). The molecule has 1 unspecified atom stereocenters. The highest BCUT2D eigenvalue weighted by Crippen LogP contribution is 2.03. The lowest BCUT2D eigenvalue weighted by atomic mass is 10.3. The van der Waals surface area contributed by atoms with Crippen LogP contribution in [0.2, 0.25) is 0 Å². The van der Waals surface area contributed by atoms with Crippen molar-refractivity contribution >= 4 is 6.09 Å². The van der Waals surface area contributed by atoms with E-state index in [-0.39, 0.29) is 6.17 Å². The van der Waals surface area contributed by atoms with Crippen LogP contribution in [0.15, 0.2) is 0 Å². The Labute approximate surface area is 91.0 Å². The number of amides is 1. The topological polar surface area (TPSA) is 81.8 Å². The van der Waals surface area contributed by atoms with Crippen molar-refractivity contribution in [3.8, 4) is 0 Å². The van der Waals surface area contributed by atoms with Gasteiger partial charge in [-0.3, -0.25) is 9.80 Å². The Kier molecular flexibility index (Phi) is 7.02. The zero-order valence-electron chi connectivity index (χ0n) is 9.73. The number of nitrogens with one attached hydrogen (secondary N) is 1. The third kappa shape index (κ3) is 4.96. The summed E-state index contributed by atoms with van der Waals surface area (Å²) in [6.07, 6.45) is -0.387. The van der Waals surface area contributed by atoms with Crippen molar-refractivity contribution in [3.05, 3.63) is 0 Å². The minimum Gasteiger partial charge on any atom is -0.465 e. The number of hydrogen-bond acceptors (Lipinski definition) is 4. The Bertz CT molecular complexity index is 187. The average molecular weight is 218 g/mol. The maximum Gasteiger partial charge on any atom is 0.408 e. The summed E-state index contributed by atoms with van der Waals surface area (Å²) in [7, 11) is 5.49. The van der Waals surface area contributed by atoms with E-state index in [1.54, 1.807) is 0 Å². The van der Waals surface area contributed by atoms with Crippen LogP contribution in [0.3, 0.4) is 0 Å². The van der Waals surface area contributed by atoms with Crippen molar-refractivity contribution in [1.82, 2.24) is 15.1 Å². The maximum atomic E-state index is 11.0. The lowest BCUT2D eigenvalue weighted by Crippen LogP contribution is -2.52. The van der Waals surface area contributed by atoms with E-state index in [9.17, 15) is 4.79 Å². The predicted octanol–water partition coefficient (Wildman–Crippen LogP) is -0.578. The number of nitrogens with zero attached hydrogens (tertiary/aromatic N) is 2. The van der Waals surface area contributed by atoms with Crippen LogP contribution in [0.4, 0.5) is 4.79 Å². The highest BCUT2D eigenvalue weighted by molar-refractivity contribution is 5.65. The second kappa shape index (κ2) is 7.44. The largest absolute Gasteiger partial charge is 0.465 e. The maximum absolute atomic E-state index is 11.0. The molecule has 0 saturated carbocycles. The molecule has 1 amide bonds. The number of likely N-dealkylation sites (N-methyl/N-ethyl adjacent to an activating group) is 1. The smallest absolute Gasteiger partial charge is 0.408 e. The van der Waals surface area contributed by atoms with Gasteiger partial charge in [0.05, 0.1) is 0 Å². The van der Waals surface area contributed by atoms with E-state index in [2.05, 4.69) is 5.32 Å². The van der Waals surface area contributed by atoms with Crippen LogP contribution in [0.25, 0.3) is 0 Å². The van der Waals surface area contributed by atoms with Gasteiger partial charge in [-0.2, -0.15) is 0 Å². The molecule has 0 aliphatic carbocycles. The zero-order chi connectivity index (χ0) is 11.8. The van der Waals surface area contributed by atoms with Gasteiger partial charge in [0.15, 0.2) is 0 Å². The van der Waals surface area contributed by atoms with Crippen LogP contribution < -0.4 is 11.1 Å². The zero-order valence-corrected chi connectivity index (χ0v) is 9.73. The first-order chi connectivity index (χ1) is 7.04. The van der Waals surface area contributed by atoms with E-state index < -0.39 is 6.09 Å². The van der Waals surface area contributed by atoms with Gasteiger partial charge in [0.25, 0.3) is 0 Å². The van der Waals surface area contributed by atoms with Crippen molar-refractivity contribution in [2.45, 2.75) is 12.6 Å². The molecule has 0 radical (unpaired) electrons. The van der Waals surface area contributed by atoms with Crippen LogP contribution in [-0.4, -0.2) is 67.9 Å². The minimum atomic E-state index is -0.921. The molecule has 0 spiro atoms. The quantitative estimate of drug-likeness (QED) is 0.393. The fraction of sp³-hybridized carbons (Fsp3) is 0.889. The molecule has 0 aliphatic heterocycles. The third-order valence-corrected chi connectivity index (χ3v) is 2.24. The van der Waals surface area contributed by atoms with E-state index in [1.165, 1.54) is 4.90 Å². The first-order valence-electron chi connectivity index (χ1n) is 5.05. The second-order valence-corrected chi connectivity index (χ2v) is 3.61. The first kappa shape index (κ1) is 14.2. The van der Waals surface area contributed by atoms with Crippen LogP contribution >= 0.6 is 0 Å². The monoisotopic (exact) mass is 218 g/mol. The molecule has 4 N–H and O–H groups in total. The number of hydrogen-bond donors (Lipinski definition) is 3. The summed E-state index contributed by atoms with van der Waals surface area (Å²) in [5.74, 6) is 0. The highest BCUT2D eigenvalue weighted by atomic mass is 16.4. The second-order valence-electron chi connectivity index (χ2n) is 3.61. The first-order valence-corrected chi connectivity index (χ1v) is 5.05. The van der Waals surface area contributed by atoms with Crippen LogP contribution in [0.5, 0.6) is 0 Å². The van der Waals surface area contributed by atoms with Gasteiger partial charge >= 0.3 is 6.09 Å². The summed E-state index contributed by atoms with van der Waals surface area (Å²) < 4.78 is 0. The van der Waals surface area contributed by atoms with Crippen molar-refractivity contribution in [3.63, 3.8) is 0 Å². The molecule has 0 aromatic heterocycles. The number of carboxylic acid groups (broad SMARTS) is 1. The Hall–Kier alpha value is -0.850. The molecule has 0 aromatic carbocycles. The number of carbonyl (C=O) groups is 1. The summed E-state index contributed by atoms with van der Waals surface area (Å²) in [6, 6.07) is 0. The van der Waals surface area contributed by atoms with Gasteiger partial charge in [-0.15, -0.1) is 0 Å². The Morgan fingerprint density at radius 1 is 1.53 bits per heavy atom. The van der Waals surface area contributed by atoms with Crippen molar-refractivity contribution < 1.29 is 9.90 Å². The SMILES string of the molecule is CNCCCN(C(=O)O)C(CN)N(C)C. The molecule has 0 rings (SSSR count). The Morgan fingerprint density at radius 3 is 2.47 bits per heavy atom. The molecule has 6 heteroatoms. The summed E-state index contributed by atoms with van der Waals surface area (Å²) in [5.41, 5.74) is 5.55. The Balaban J connectivity index is 4.29. The summed E-state index contributed by atoms with van der Waals surface area (Å²) in [6.45, 7) is 1.60. The van der Waals surface area contributed by atoms with E-state index in [1.807, 2.05) is 26.0 Å². The van der Waals surface area contributed by atoms with Gasteiger partial charge in [-0.25, -0.2) is 4.79 Å². The van der Waals surface area contributed by atoms with Gasteiger partial charge in [0.2, 0.25) is 0 Å². The van der Waals surface area contributed by atoms with Crippen molar-refractivity contribution in [2.75, 3.05) is 40.8 Å². The van der Waals surface area contributed by atoms with E-state index >= 15 is 0 Å². The van der Waals surface area contributed by atoms with Crippen LogP contribution in [0.1, 0.15) is 6.42 Å². The molecule has 1 atom stereocenters. The van der Waals surface area contributed by atoms with Gasteiger partial charge < -0.3 is 16.2 Å². The lowest BCUT2D eigenvalue weighted by molar-refractivity contribution is 0.0732. The molecule has 0 saturated heterocycles. The molecular weight excluding hydrogens is 196 g/mol. The molecule has 6 nitrogen and oxygen atoms in total. The van der Waals surface area contributed by atoms with Crippen molar-refractivity contribution in [1.29, 1.82) is 0 Å². The van der Waals surface area contributed by atoms with E-state index in [0.29, 0.717) is 13.1 Å². The molecule has 0 heterocycles. The van der Waals surface area contributed by atoms with E-state index in [4.69, 9.17) is 10.8 Å². The van der Waals surface area contributed by atoms with Gasteiger partial charge in [-0.1, -0.05) is 0 Å². The Morgan fingerprint density at radius 2 is 2.13 bits per heavy atom. The molecule has 0 fully saturated rings. The molecular formula is C9H22N4O2. The third-order valence-electron chi connectivity index (χ3n) is 2.24. The van der Waals surface area contributed by atoms with Gasteiger partial charge in [0, 0.05) is 13.1 Å². The predicted molar refractivity (Wildman–Crippen MR) is 59.8 cm³/mol. The summed E-state index contributed by atoms with van der Waals surface area (Å²) in [4.78, 5) is 14.2. The lowest BCUT2D eigenvalue weighted by Gasteiger charge is -2.33. The van der Waals surface area contributed by atoms with Crippen LogP contribution in [-0.2, 0) is 0 Å². The molecule has 0 bridgehead atoms. The molecule has 0 aliphatic rings. The summed E-state index contributed by atoms with van der Waals surface area (Å²) >= 11 is 0. The molecule has 0 aromatic rings. The fourth-order valence-corrected chi connectivity index (χ4v) is 1.42. The summed E-state index contributed by atoms with van der Waals surface area (Å²) in [5, 5.41) is 12.0. The minimum absolute atomic E-state index is 0.251. The number of nitrogens with two attached hydrogens (primary N) is 1. The average Bonchev–Trinajstić information content (AvgIpc) is 2.16. The van der Waals surface area contributed by atoms with Crippen LogP contribution in [0, 0.1) is 0 Å². The van der Waals surface area contributed by atoms with Gasteiger partial charge in [0.1, 0.15) is 6.17 Å². The van der Waals surface area contributed by atoms with Crippen molar-refractivity contribution in [2.24, 2.45) is 5.73 Å². The van der Waals surface area contributed by atoms with E-state index in [0.717, 1.165) is 13.0 Å². The normalized spacial score (nSPS) is 12.9. The van der Waals surface area contributed by atoms with Gasteiger partial charge in [-0.05, 0) is 34.1 Å². The molecule has 90 valence electrons.